The first kappa shape index (κ1) is 14.2. The normalized spacial score (nSPS) is 19.9. The Hall–Kier alpha value is -0.730. The number of halogens is 1. The lowest BCUT2D eigenvalue weighted by atomic mass is 10.0. The third kappa shape index (κ3) is 3.29. The third-order valence-corrected chi connectivity index (χ3v) is 4.89. The van der Waals surface area contributed by atoms with E-state index in [4.69, 9.17) is 17.3 Å². The van der Waals surface area contributed by atoms with E-state index in [-0.39, 0.29) is 6.04 Å². The molecule has 1 atom stereocenters. The molecule has 2 N–H and O–H groups in total. The van der Waals surface area contributed by atoms with Crippen molar-refractivity contribution in [1.29, 1.82) is 0 Å². The van der Waals surface area contributed by atoms with E-state index in [1.807, 2.05) is 6.07 Å². The molecule has 110 valence electrons. The van der Waals surface area contributed by atoms with Crippen LogP contribution in [0.3, 0.4) is 0 Å². The van der Waals surface area contributed by atoms with E-state index in [0.717, 1.165) is 29.8 Å². The van der Waals surface area contributed by atoms with E-state index in [1.54, 1.807) is 0 Å². The molecular formula is C17H25ClN2. The van der Waals surface area contributed by atoms with Gasteiger partial charge in [0, 0.05) is 29.3 Å². The number of nitrogens with two attached hydrogens (primary N) is 1. The van der Waals surface area contributed by atoms with Gasteiger partial charge in [-0.2, -0.15) is 0 Å². The van der Waals surface area contributed by atoms with Crippen LogP contribution in [-0.4, -0.2) is 18.6 Å². The molecule has 2 nitrogen and oxygen atoms in total. The summed E-state index contributed by atoms with van der Waals surface area (Å²) in [5.41, 5.74) is 8.77. The van der Waals surface area contributed by atoms with E-state index < -0.39 is 0 Å². The van der Waals surface area contributed by atoms with Crippen LogP contribution in [0.25, 0.3) is 0 Å². The first-order chi connectivity index (χ1) is 9.69. The van der Waals surface area contributed by atoms with Gasteiger partial charge in [0.1, 0.15) is 0 Å². The zero-order valence-corrected chi connectivity index (χ0v) is 13.1. The van der Waals surface area contributed by atoms with Crippen LogP contribution in [0.15, 0.2) is 18.2 Å². The molecule has 0 aliphatic heterocycles. The van der Waals surface area contributed by atoms with E-state index in [2.05, 4.69) is 24.0 Å². The smallest absolute Gasteiger partial charge is 0.0459 e. The van der Waals surface area contributed by atoms with Crippen molar-refractivity contribution in [1.82, 2.24) is 0 Å². The molecular weight excluding hydrogens is 268 g/mol. The van der Waals surface area contributed by atoms with Crippen molar-refractivity contribution in [3.05, 3.63) is 28.8 Å². The van der Waals surface area contributed by atoms with Crippen molar-refractivity contribution in [3.8, 4) is 0 Å². The first-order valence-electron chi connectivity index (χ1n) is 7.98. The molecule has 0 heterocycles. The molecule has 0 saturated heterocycles. The standard InChI is InChI=1S/C17H25ClN2/c1-2-13(19)10-15-16(18)4-3-5-17(15)20(14-8-9-14)11-12-6-7-12/h3-5,12-14H,2,6-11,19H2,1H3. The summed E-state index contributed by atoms with van der Waals surface area (Å²) in [4.78, 5) is 2.61. The average Bonchev–Trinajstić information content (AvgIpc) is 3.31. The fourth-order valence-corrected chi connectivity index (χ4v) is 3.08. The van der Waals surface area contributed by atoms with Crippen molar-refractivity contribution < 1.29 is 0 Å². The Morgan fingerprint density at radius 1 is 1.30 bits per heavy atom. The Morgan fingerprint density at radius 3 is 2.65 bits per heavy atom. The largest absolute Gasteiger partial charge is 0.368 e. The number of anilines is 1. The Kier molecular flexibility index (Phi) is 4.23. The number of rotatable bonds is 7. The molecule has 2 fully saturated rings. The second-order valence-electron chi connectivity index (χ2n) is 6.44. The van der Waals surface area contributed by atoms with Gasteiger partial charge in [0.05, 0.1) is 0 Å². The summed E-state index contributed by atoms with van der Waals surface area (Å²) in [6, 6.07) is 7.28. The molecule has 1 aromatic carbocycles. The van der Waals surface area contributed by atoms with E-state index in [9.17, 15) is 0 Å². The van der Waals surface area contributed by atoms with Crippen LogP contribution >= 0.6 is 11.6 Å². The lowest BCUT2D eigenvalue weighted by Gasteiger charge is -2.28. The minimum Gasteiger partial charge on any atom is -0.368 e. The molecule has 0 bridgehead atoms. The van der Waals surface area contributed by atoms with Crippen molar-refractivity contribution in [2.75, 3.05) is 11.4 Å². The van der Waals surface area contributed by atoms with Gasteiger partial charge in [-0.05, 0) is 62.1 Å². The number of hydrogen-bond acceptors (Lipinski definition) is 2. The van der Waals surface area contributed by atoms with Crippen molar-refractivity contribution in [3.63, 3.8) is 0 Å². The maximum absolute atomic E-state index is 6.47. The fourth-order valence-electron chi connectivity index (χ4n) is 2.83. The molecule has 0 amide bonds. The highest BCUT2D eigenvalue weighted by Crippen LogP contribution is 2.40. The van der Waals surface area contributed by atoms with Gasteiger partial charge in [0.25, 0.3) is 0 Å². The predicted octanol–water partition coefficient (Wildman–Crippen LogP) is 4.00. The first-order valence-corrected chi connectivity index (χ1v) is 8.36. The van der Waals surface area contributed by atoms with Crippen LogP contribution in [0, 0.1) is 5.92 Å². The Balaban J connectivity index is 1.87. The number of hydrogen-bond donors (Lipinski definition) is 1. The van der Waals surface area contributed by atoms with Crippen LogP contribution in [-0.2, 0) is 6.42 Å². The van der Waals surface area contributed by atoms with Crippen molar-refractivity contribution in [2.45, 2.75) is 57.5 Å². The summed E-state index contributed by atoms with van der Waals surface area (Å²) >= 11 is 6.47. The topological polar surface area (TPSA) is 29.3 Å². The van der Waals surface area contributed by atoms with Crippen molar-refractivity contribution in [2.24, 2.45) is 11.7 Å². The lowest BCUT2D eigenvalue weighted by molar-refractivity contribution is 0.641. The Bertz CT molecular complexity index is 466. The van der Waals surface area contributed by atoms with Gasteiger partial charge in [0.2, 0.25) is 0 Å². The van der Waals surface area contributed by atoms with Crippen LogP contribution in [0.2, 0.25) is 5.02 Å². The molecule has 2 saturated carbocycles. The minimum atomic E-state index is 0.204. The summed E-state index contributed by atoms with van der Waals surface area (Å²) in [6.07, 6.45) is 7.34. The molecule has 20 heavy (non-hydrogen) atoms. The molecule has 2 aliphatic rings. The summed E-state index contributed by atoms with van der Waals surface area (Å²) in [7, 11) is 0. The molecule has 3 heteroatoms. The zero-order chi connectivity index (χ0) is 14.1. The molecule has 2 aliphatic carbocycles. The van der Waals surface area contributed by atoms with Gasteiger partial charge < -0.3 is 10.6 Å². The Labute approximate surface area is 127 Å². The Morgan fingerprint density at radius 2 is 2.05 bits per heavy atom. The minimum absolute atomic E-state index is 0.204. The van der Waals surface area contributed by atoms with E-state index >= 15 is 0 Å². The highest BCUT2D eigenvalue weighted by molar-refractivity contribution is 6.31. The second kappa shape index (κ2) is 5.95. The molecule has 1 unspecified atom stereocenters. The van der Waals surface area contributed by atoms with Gasteiger partial charge in [-0.15, -0.1) is 0 Å². The maximum Gasteiger partial charge on any atom is 0.0459 e. The third-order valence-electron chi connectivity index (χ3n) is 4.53. The fraction of sp³-hybridized carbons (Fsp3) is 0.647. The molecule has 0 radical (unpaired) electrons. The van der Waals surface area contributed by atoms with E-state index in [1.165, 1.54) is 43.5 Å². The zero-order valence-electron chi connectivity index (χ0n) is 12.3. The molecule has 3 rings (SSSR count). The van der Waals surface area contributed by atoms with Crippen LogP contribution < -0.4 is 10.6 Å². The van der Waals surface area contributed by atoms with Gasteiger partial charge in [-0.3, -0.25) is 0 Å². The highest BCUT2D eigenvalue weighted by Gasteiger charge is 2.35. The number of benzene rings is 1. The summed E-state index contributed by atoms with van der Waals surface area (Å²) in [5.74, 6) is 0.905. The predicted molar refractivity (Wildman–Crippen MR) is 86.5 cm³/mol. The molecule has 1 aromatic rings. The van der Waals surface area contributed by atoms with Crippen LogP contribution in [0.1, 0.15) is 44.6 Å². The average molecular weight is 293 g/mol. The monoisotopic (exact) mass is 292 g/mol. The highest BCUT2D eigenvalue weighted by atomic mass is 35.5. The second-order valence-corrected chi connectivity index (χ2v) is 6.84. The van der Waals surface area contributed by atoms with Gasteiger partial charge >= 0.3 is 0 Å². The quantitative estimate of drug-likeness (QED) is 0.823. The summed E-state index contributed by atoms with van der Waals surface area (Å²) in [6.45, 7) is 3.35. The van der Waals surface area contributed by atoms with Gasteiger partial charge in [0.15, 0.2) is 0 Å². The SMILES string of the molecule is CCC(N)Cc1c(Cl)cccc1N(CC1CC1)C1CC1. The molecule has 0 spiro atoms. The maximum atomic E-state index is 6.47. The summed E-state index contributed by atoms with van der Waals surface area (Å²) < 4.78 is 0. The number of nitrogens with zero attached hydrogens (tertiary/aromatic N) is 1. The van der Waals surface area contributed by atoms with Crippen LogP contribution in [0.5, 0.6) is 0 Å². The van der Waals surface area contributed by atoms with Crippen molar-refractivity contribution >= 4 is 17.3 Å². The molecule has 0 aromatic heterocycles. The lowest BCUT2D eigenvalue weighted by Crippen LogP contribution is -2.30. The van der Waals surface area contributed by atoms with Gasteiger partial charge in [-0.25, -0.2) is 0 Å². The van der Waals surface area contributed by atoms with E-state index in [0.29, 0.717) is 0 Å². The summed E-state index contributed by atoms with van der Waals surface area (Å²) in [5, 5.41) is 0.882. The van der Waals surface area contributed by atoms with Gasteiger partial charge in [-0.1, -0.05) is 24.6 Å². The van der Waals surface area contributed by atoms with Crippen LogP contribution in [0.4, 0.5) is 5.69 Å².